The van der Waals surface area contributed by atoms with Gasteiger partial charge in [-0.15, -0.1) is 0 Å². The van der Waals surface area contributed by atoms with E-state index in [0.717, 1.165) is 29.1 Å². The summed E-state index contributed by atoms with van der Waals surface area (Å²) in [6.07, 6.45) is 1.81. The normalized spacial score (nSPS) is 10.3. The largest absolute Gasteiger partial charge is 0.478 e. The number of rotatable bonds is 4. The molecule has 0 aliphatic rings. The van der Waals surface area contributed by atoms with Crippen molar-refractivity contribution >= 4 is 11.7 Å². The van der Waals surface area contributed by atoms with Crippen LogP contribution in [-0.4, -0.2) is 25.6 Å². The number of carbonyl (C=O) groups is 1. The summed E-state index contributed by atoms with van der Waals surface area (Å²) in [6, 6.07) is 3.33. The Kier molecular flexibility index (Phi) is 3.74. The third-order valence-electron chi connectivity index (χ3n) is 2.67. The maximum atomic E-state index is 13.5. The van der Waals surface area contributed by atoms with Crippen molar-refractivity contribution in [2.45, 2.75) is 6.54 Å². The summed E-state index contributed by atoms with van der Waals surface area (Å²) in [5.74, 6) is -2.36. The number of aromatic nitrogens is 2. The fraction of sp³-hybridized carbons (Fsp3) is 0.0833. The summed E-state index contributed by atoms with van der Waals surface area (Å²) >= 11 is 0. The van der Waals surface area contributed by atoms with Crippen LogP contribution < -0.4 is 5.69 Å². The van der Waals surface area contributed by atoms with Crippen molar-refractivity contribution in [2.75, 3.05) is 0 Å². The van der Waals surface area contributed by atoms with E-state index < -0.39 is 28.0 Å². The highest BCUT2D eigenvalue weighted by Crippen LogP contribution is 2.12. The first-order valence-corrected chi connectivity index (χ1v) is 5.61. The SMILES string of the molecule is O=C(O)c1ccc(Cn2cc([N+](=O)[O-])cnc2=O)cc1F. The first-order valence-electron chi connectivity index (χ1n) is 5.61. The van der Waals surface area contributed by atoms with E-state index in [-0.39, 0.29) is 17.8 Å². The minimum Gasteiger partial charge on any atom is -0.478 e. The smallest absolute Gasteiger partial charge is 0.348 e. The monoisotopic (exact) mass is 293 g/mol. The maximum absolute atomic E-state index is 13.5. The number of aromatic carboxylic acids is 1. The Hall–Kier alpha value is -3.10. The second-order valence-corrected chi connectivity index (χ2v) is 4.10. The third kappa shape index (κ3) is 3.08. The Labute approximate surface area is 116 Å². The zero-order valence-corrected chi connectivity index (χ0v) is 10.4. The molecule has 1 aromatic carbocycles. The van der Waals surface area contributed by atoms with E-state index >= 15 is 0 Å². The molecule has 1 heterocycles. The minimum atomic E-state index is -1.41. The van der Waals surface area contributed by atoms with Gasteiger partial charge in [-0.2, -0.15) is 4.98 Å². The average Bonchev–Trinajstić information content (AvgIpc) is 2.40. The van der Waals surface area contributed by atoms with Crippen LogP contribution in [0.5, 0.6) is 0 Å². The number of benzene rings is 1. The van der Waals surface area contributed by atoms with Gasteiger partial charge in [0, 0.05) is 0 Å². The first-order chi connectivity index (χ1) is 9.88. The first kappa shape index (κ1) is 14.3. The number of carboxylic acid groups (broad SMARTS) is 1. The summed E-state index contributed by atoms with van der Waals surface area (Å²) in [6.45, 7) is -0.162. The fourth-order valence-corrected chi connectivity index (χ4v) is 1.68. The maximum Gasteiger partial charge on any atom is 0.348 e. The quantitative estimate of drug-likeness (QED) is 0.665. The summed E-state index contributed by atoms with van der Waals surface area (Å²) < 4.78 is 14.5. The topological polar surface area (TPSA) is 115 Å². The van der Waals surface area contributed by atoms with Gasteiger partial charge in [0.15, 0.2) is 0 Å². The van der Waals surface area contributed by atoms with Gasteiger partial charge in [0.2, 0.25) is 0 Å². The summed E-state index contributed by atoms with van der Waals surface area (Å²) in [5.41, 5.74) is -1.33. The lowest BCUT2D eigenvalue weighted by atomic mass is 10.1. The van der Waals surface area contributed by atoms with Crippen molar-refractivity contribution < 1.29 is 19.2 Å². The summed E-state index contributed by atoms with van der Waals surface area (Å²) in [5, 5.41) is 19.3. The Balaban J connectivity index is 2.36. The van der Waals surface area contributed by atoms with Gasteiger partial charge in [-0.3, -0.25) is 14.7 Å². The molecule has 0 aliphatic heterocycles. The van der Waals surface area contributed by atoms with Gasteiger partial charge < -0.3 is 5.11 Å². The van der Waals surface area contributed by atoms with Crippen molar-refractivity contribution in [1.82, 2.24) is 9.55 Å². The molecule has 0 spiro atoms. The van der Waals surface area contributed by atoms with Crippen molar-refractivity contribution in [1.29, 1.82) is 0 Å². The van der Waals surface area contributed by atoms with Crippen LogP contribution in [0.4, 0.5) is 10.1 Å². The van der Waals surface area contributed by atoms with Crippen LogP contribution in [-0.2, 0) is 6.54 Å². The van der Waals surface area contributed by atoms with Crippen LogP contribution in [0.1, 0.15) is 15.9 Å². The highest BCUT2D eigenvalue weighted by atomic mass is 19.1. The Morgan fingerprint density at radius 1 is 1.48 bits per heavy atom. The highest BCUT2D eigenvalue weighted by molar-refractivity contribution is 5.87. The molecule has 0 aliphatic carbocycles. The number of nitro groups is 1. The molecule has 8 nitrogen and oxygen atoms in total. The predicted molar refractivity (Wildman–Crippen MR) is 67.6 cm³/mol. The molecule has 9 heteroatoms. The van der Waals surface area contributed by atoms with Gasteiger partial charge in [-0.05, 0) is 17.7 Å². The number of hydrogen-bond acceptors (Lipinski definition) is 5. The van der Waals surface area contributed by atoms with Gasteiger partial charge in [0.25, 0.3) is 0 Å². The Morgan fingerprint density at radius 3 is 2.76 bits per heavy atom. The van der Waals surface area contributed by atoms with Crippen molar-refractivity contribution in [3.05, 3.63) is 68.1 Å². The van der Waals surface area contributed by atoms with E-state index in [4.69, 9.17) is 5.11 Å². The third-order valence-corrected chi connectivity index (χ3v) is 2.67. The van der Waals surface area contributed by atoms with Crippen molar-refractivity contribution in [3.8, 4) is 0 Å². The molecular formula is C12H8FN3O5. The minimum absolute atomic E-state index is 0.162. The summed E-state index contributed by atoms with van der Waals surface area (Å²) in [7, 11) is 0. The standard InChI is InChI=1S/C12H8FN3O5/c13-10-3-7(1-2-9(10)11(17)18)5-15-6-8(16(20)21)4-14-12(15)19/h1-4,6H,5H2,(H,17,18). The molecule has 0 saturated carbocycles. The second kappa shape index (κ2) is 5.49. The van der Waals surface area contributed by atoms with Gasteiger partial charge in [-0.1, -0.05) is 6.07 Å². The predicted octanol–water partition coefficient (Wildman–Crippen LogP) is 1.04. The van der Waals surface area contributed by atoms with Gasteiger partial charge in [0.05, 0.1) is 23.2 Å². The van der Waals surface area contributed by atoms with E-state index in [9.17, 15) is 24.1 Å². The molecule has 0 amide bonds. The average molecular weight is 293 g/mol. The molecule has 0 atom stereocenters. The van der Waals surface area contributed by atoms with E-state index in [2.05, 4.69) is 4.98 Å². The zero-order chi connectivity index (χ0) is 15.6. The molecule has 0 saturated heterocycles. The lowest BCUT2D eigenvalue weighted by molar-refractivity contribution is -0.385. The fourth-order valence-electron chi connectivity index (χ4n) is 1.68. The molecular weight excluding hydrogens is 285 g/mol. The van der Waals surface area contributed by atoms with Crippen LogP contribution in [0.3, 0.4) is 0 Å². The molecule has 2 rings (SSSR count). The van der Waals surface area contributed by atoms with Crippen LogP contribution in [0, 0.1) is 15.9 Å². The van der Waals surface area contributed by atoms with Crippen molar-refractivity contribution in [3.63, 3.8) is 0 Å². The second-order valence-electron chi connectivity index (χ2n) is 4.10. The van der Waals surface area contributed by atoms with Crippen LogP contribution >= 0.6 is 0 Å². The Morgan fingerprint density at radius 2 is 2.19 bits per heavy atom. The van der Waals surface area contributed by atoms with Gasteiger partial charge in [-0.25, -0.2) is 14.0 Å². The number of nitrogens with zero attached hydrogens (tertiary/aromatic N) is 3. The van der Waals surface area contributed by atoms with Crippen LogP contribution in [0.25, 0.3) is 0 Å². The number of halogens is 1. The molecule has 21 heavy (non-hydrogen) atoms. The van der Waals surface area contributed by atoms with E-state index in [0.29, 0.717) is 0 Å². The van der Waals surface area contributed by atoms with Crippen LogP contribution in [0.15, 0.2) is 35.4 Å². The lowest BCUT2D eigenvalue weighted by Crippen LogP contribution is -2.23. The Bertz CT molecular complexity index is 787. The van der Waals surface area contributed by atoms with Gasteiger partial charge >= 0.3 is 17.3 Å². The highest BCUT2D eigenvalue weighted by Gasteiger charge is 2.12. The van der Waals surface area contributed by atoms with Crippen molar-refractivity contribution in [2.24, 2.45) is 0 Å². The van der Waals surface area contributed by atoms with Gasteiger partial charge in [0.1, 0.15) is 12.0 Å². The number of carboxylic acids is 1. The molecule has 108 valence electrons. The van der Waals surface area contributed by atoms with E-state index in [1.807, 2.05) is 0 Å². The van der Waals surface area contributed by atoms with E-state index in [1.165, 1.54) is 6.07 Å². The molecule has 0 radical (unpaired) electrons. The van der Waals surface area contributed by atoms with E-state index in [1.54, 1.807) is 0 Å². The molecule has 0 unspecified atom stereocenters. The molecule has 0 bridgehead atoms. The number of hydrogen-bond donors (Lipinski definition) is 1. The molecule has 1 N–H and O–H groups in total. The van der Waals surface area contributed by atoms with Crippen LogP contribution in [0.2, 0.25) is 0 Å². The molecule has 2 aromatic rings. The zero-order valence-electron chi connectivity index (χ0n) is 10.4. The molecule has 0 fully saturated rings. The lowest BCUT2D eigenvalue weighted by Gasteiger charge is -2.06. The molecule has 1 aromatic heterocycles. The summed E-state index contributed by atoms with van der Waals surface area (Å²) in [4.78, 5) is 35.4.